The lowest BCUT2D eigenvalue weighted by atomic mass is 9.97. The average molecular weight is 420 g/mol. The predicted octanol–water partition coefficient (Wildman–Crippen LogP) is 3.39. The lowest BCUT2D eigenvalue weighted by Gasteiger charge is -2.14. The van der Waals surface area contributed by atoms with Gasteiger partial charge in [-0.05, 0) is 37.1 Å². The third-order valence-electron chi connectivity index (χ3n) is 4.16. The fourth-order valence-electron chi connectivity index (χ4n) is 2.50. The van der Waals surface area contributed by atoms with E-state index < -0.39 is 22.1 Å². The van der Waals surface area contributed by atoms with Crippen LogP contribution in [-0.4, -0.2) is 15.1 Å². The number of aromatic nitrogens is 1. The molecule has 8 nitrogen and oxygen atoms in total. The summed E-state index contributed by atoms with van der Waals surface area (Å²) in [4.78, 5) is 10.1. The maximum atomic E-state index is 12.2. The van der Waals surface area contributed by atoms with Crippen molar-refractivity contribution in [2.45, 2.75) is 20.8 Å². The molecule has 2 N–H and O–H groups in total. The number of nitro benzene ring substituents is 1. The van der Waals surface area contributed by atoms with Gasteiger partial charge in [0.05, 0.1) is 16.1 Å². The number of halogens is 1. The third-order valence-corrected chi connectivity index (χ3v) is 4.88. The monoisotopic (exact) mass is 419 g/mol. The van der Waals surface area contributed by atoms with Crippen molar-refractivity contribution < 1.29 is 19.9 Å². The number of hydrogen-bond donors (Lipinski definition) is 2. The summed E-state index contributed by atoms with van der Waals surface area (Å²) >= 11 is 3.20. The summed E-state index contributed by atoms with van der Waals surface area (Å²) in [5, 5.41) is 52.0. The molecule has 0 unspecified atom stereocenters. The normalized spacial score (nSPS) is 11.3. The molecule has 0 fully saturated rings. The van der Waals surface area contributed by atoms with E-state index in [1.807, 2.05) is 6.07 Å². The van der Waals surface area contributed by atoms with Crippen LogP contribution < -0.4 is 4.73 Å². The van der Waals surface area contributed by atoms with Crippen LogP contribution in [0.2, 0.25) is 0 Å². The molecule has 2 aromatic rings. The Kier molecular flexibility index (Phi) is 5.18. The first-order chi connectivity index (χ1) is 12.1. The van der Waals surface area contributed by atoms with Gasteiger partial charge in [0.2, 0.25) is 5.75 Å². The van der Waals surface area contributed by atoms with Crippen molar-refractivity contribution in [3.63, 3.8) is 0 Å². The van der Waals surface area contributed by atoms with E-state index in [9.17, 15) is 30.8 Å². The minimum absolute atomic E-state index is 0.0708. The van der Waals surface area contributed by atoms with Gasteiger partial charge in [0.15, 0.2) is 11.4 Å². The molecule has 1 aromatic carbocycles. The average Bonchev–Trinajstić information content (AvgIpc) is 2.59. The van der Waals surface area contributed by atoms with Crippen molar-refractivity contribution >= 4 is 33.3 Å². The molecular formula is C17H14BrN3O5. The van der Waals surface area contributed by atoms with Gasteiger partial charge in [-0.3, -0.25) is 10.1 Å². The number of pyridine rings is 1. The number of nitrogens with zero attached hydrogens (tertiary/aromatic N) is 3. The van der Waals surface area contributed by atoms with E-state index in [0.717, 1.165) is 12.1 Å². The molecule has 0 amide bonds. The highest BCUT2D eigenvalue weighted by molar-refractivity contribution is 9.10. The molecule has 0 spiro atoms. The zero-order chi connectivity index (χ0) is 19.8. The van der Waals surface area contributed by atoms with Gasteiger partial charge < -0.3 is 15.4 Å². The Morgan fingerprint density at radius 3 is 2.46 bits per heavy atom. The van der Waals surface area contributed by atoms with Crippen LogP contribution in [0.3, 0.4) is 0 Å². The topological polar surface area (TPSA) is 134 Å². The first kappa shape index (κ1) is 19.2. The Hall–Kier alpha value is -3.12. The Morgan fingerprint density at radius 1 is 1.31 bits per heavy atom. The van der Waals surface area contributed by atoms with Crippen LogP contribution in [0.25, 0.3) is 11.6 Å². The van der Waals surface area contributed by atoms with Crippen LogP contribution in [0, 0.1) is 47.4 Å². The number of rotatable bonds is 3. The van der Waals surface area contributed by atoms with E-state index >= 15 is 0 Å². The lowest BCUT2D eigenvalue weighted by molar-refractivity contribution is -0.624. The number of aromatic hydroxyl groups is 2. The molecule has 0 aliphatic carbocycles. The lowest BCUT2D eigenvalue weighted by Crippen LogP contribution is -2.34. The summed E-state index contributed by atoms with van der Waals surface area (Å²) in [6.45, 7) is 5.16. The van der Waals surface area contributed by atoms with Crippen molar-refractivity contribution in [2.75, 3.05) is 0 Å². The first-order valence-electron chi connectivity index (χ1n) is 7.31. The molecule has 0 aliphatic rings. The van der Waals surface area contributed by atoms with E-state index in [4.69, 9.17) is 0 Å². The molecule has 0 aliphatic heterocycles. The fraction of sp³-hybridized carbons (Fsp3) is 0.176. The van der Waals surface area contributed by atoms with E-state index in [2.05, 4.69) is 15.9 Å². The molecule has 0 bridgehead atoms. The Labute approximate surface area is 157 Å². The van der Waals surface area contributed by atoms with Gasteiger partial charge in [-0.1, -0.05) is 0 Å². The highest BCUT2D eigenvalue weighted by Crippen LogP contribution is 2.37. The van der Waals surface area contributed by atoms with Crippen molar-refractivity contribution in [1.29, 1.82) is 5.26 Å². The number of phenols is 2. The Bertz CT molecular complexity index is 980. The summed E-state index contributed by atoms with van der Waals surface area (Å²) in [6, 6.07) is 4.09. The van der Waals surface area contributed by atoms with E-state index in [-0.39, 0.29) is 15.7 Å². The van der Waals surface area contributed by atoms with Gasteiger partial charge in [-0.25, -0.2) is 0 Å². The number of nitriles is 1. The summed E-state index contributed by atoms with van der Waals surface area (Å²) in [5.74, 6) is -1.54. The molecule has 0 radical (unpaired) electrons. The number of benzene rings is 1. The van der Waals surface area contributed by atoms with Crippen molar-refractivity contribution in [1.82, 2.24) is 0 Å². The van der Waals surface area contributed by atoms with Crippen LogP contribution >= 0.6 is 15.9 Å². The predicted molar refractivity (Wildman–Crippen MR) is 97.2 cm³/mol. The van der Waals surface area contributed by atoms with Crippen LogP contribution in [0.5, 0.6) is 11.5 Å². The SMILES string of the molecule is Cc1c(C)c(C)[n+]([O-])c(Br)c1/C(C#N)=C/c1cc(O)c(O)c([N+](=O)[O-])c1. The fourth-order valence-corrected chi connectivity index (χ4v) is 3.28. The molecular weight excluding hydrogens is 406 g/mol. The van der Waals surface area contributed by atoms with Gasteiger partial charge >= 0.3 is 5.69 Å². The Morgan fingerprint density at radius 2 is 1.92 bits per heavy atom. The summed E-state index contributed by atoms with van der Waals surface area (Å²) in [5.41, 5.74) is 1.75. The largest absolute Gasteiger partial charge is 0.618 e. The molecule has 1 heterocycles. The van der Waals surface area contributed by atoms with Gasteiger partial charge in [0, 0.05) is 34.5 Å². The summed E-state index contributed by atoms with van der Waals surface area (Å²) in [7, 11) is 0. The number of nitro groups is 1. The standard InChI is InChI=1S/C17H14BrN3O5/c1-8-9(2)15(17(18)20(24)10(8)3)12(7-19)4-11-5-13(21(25)26)16(23)14(22)6-11/h4-6,22-23H,1-3H3/b12-4+. The quantitative estimate of drug-likeness (QED) is 0.149. The minimum atomic E-state index is -0.855. The maximum Gasteiger partial charge on any atom is 0.315 e. The smallest absolute Gasteiger partial charge is 0.315 e. The second-order valence-electron chi connectivity index (χ2n) is 5.63. The van der Waals surface area contributed by atoms with Gasteiger partial charge in [0.1, 0.15) is 6.07 Å². The van der Waals surface area contributed by atoms with Crippen molar-refractivity contribution in [3.8, 4) is 17.6 Å². The first-order valence-corrected chi connectivity index (χ1v) is 8.10. The third kappa shape index (κ3) is 3.19. The maximum absolute atomic E-state index is 12.2. The van der Waals surface area contributed by atoms with Crippen molar-refractivity contribution in [2.24, 2.45) is 0 Å². The molecule has 0 atom stereocenters. The highest BCUT2D eigenvalue weighted by Gasteiger charge is 2.23. The second-order valence-corrected chi connectivity index (χ2v) is 6.38. The van der Waals surface area contributed by atoms with Gasteiger partial charge in [-0.15, -0.1) is 0 Å². The van der Waals surface area contributed by atoms with Crippen molar-refractivity contribution in [3.05, 3.63) is 60.0 Å². The summed E-state index contributed by atoms with van der Waals surface area (Å²) < 4.78 is 0.794. The zero-order valence-electron chi connectivity index (χ0n) is 14.1. The molecule has 134 valence electrons. The van der Waals surface area contributed by atoms with Crippen LogP contribution in [0.4, 0.5) is 5.69 Å². The number of allylic oxidation sites excluding steroid dienone is 1. The molecule has 2 rings (SSSR count). The molecule has 26 heavy (non-hydrogen) atoms. The van der Waals surface area contributed by atoms with Gasteiger partial charge in [0.25, 0.3) is 4.60 Å². The van der Waals surface area contributed by atoms with E-state index in [1.165, 1.54) is 6.08 Å². The Balaban J connectivity index is 2.76. The number of phenolic OH excluding ortho intramolecular Hbond substituents is 2. The zero-order valence-corrected chi connectivity index (χ0v) is 15.7. The molecule has 9 heteroatoms. The number of hydrogen-bond acceptors (Lipinski definition) is 6. The van der Waals surface area contributed by atoms with Crippen LogP contribution in [0.1, 0.15) is 27.9 Å². The highest BCUT2D eigenvalue weighted by atomic mass is 79.9. The van der Waals surface area contributed by atoms with E-state index in [0.29, 0.717) is 27.1 Å². The molecule has 1 aromatic heterocycles. The second kappa shape index (κ2) is 7.01. The van der Waals surface area contributed by atoms with E-state index in [1.54, 1.807) is 20.8 Å². The molecule has 0 saturated heterocycles. The summed E-state index contributed by atoms with van der Waals surface area (Å²) in [6.07, 6.45) is 1.30. The van der Waals surface area contributed by atoms with Crippen LogP contribution in [0.15, 0.2) is 16.7 Å². The molecule has 0 saturated carbocycles. The van der Waals surface area contributed by atoms with Gasteiger partial charge in [-0.2, -0.15) is 9.99 Å². The minimum Gasteiger partial charge on any atom is -0.618 e. The van der Waals surface area contributed by atoms with Crippen LogP contribution in [-0.2, 0) is 0 Å².